The number of phosphoric acid groups is 1. The van der Waals surface area contributed by atoms with Gasteiger partial charge in [0.25, 0.3) is 7.82 Å². The lowest BCUT2D eigenvalue weighted by atomic mass is 10.0. The number of nitrogens with one attached hydrogen (secondary N) is 1. The first-order valence-electron chi connectivity index (χ1n) is 37.6. The molecule has 0 saturated heterocycles. The summed E-state index contributed by atoms with van der Waals surface area (Å²) in [4.78, 5) is 40.3. The van der Waals surface area contributed by atoms with E-state index in [1.807, 2.05) is 33.3 Å². The van der Waals surface area contributed by atoms with Crippen LogP contribution < -0.4 is 10.2 Å². The van der Waals surface area contributed by atoms with Gasteiger partial charge in [-0.05, 0) is 96.0 Å². The number of allylic oxidation sites excluding steroid dienone is 9. The van der Waals surface area contributed by atoms with Crippen molar-refractivity contribution in [2.45, 2.75) is 380 Å². The van der Waals surface area contributed by atoms with Gasteiger partial charge in [-0.2, -0.15) is 0 Å². The molecule has 0 heterocycles. The number of quaternary nitrogens is 1. The maximum atomic E-state index is 13.6. The Labute approximate surface area is 541 Å². The van der Waals surface area contributed by atoms with Gasteiger partial charge in [-0.1, -0.05) is 319 Å². The van der Waals surface area contributed by atoms with Gasteiger partial charge in [0.05, 0.1) is 33.8 Å². The molecule has 9 nitrogen and oxygen atoms in total. The number of rotatable bonds is 69. The number of carbonyl (C=O) groups excluding carboxylic acids is 2. The number of hydrogen-bond acceptors (Lipinski definition) is 7. The second kappa shape index (κ2) is 66.6. The quantitative estimate of drug-likeness (QED) is 0.0212. The highest BCUT2D eigenvalue weighted by atomic mass is 31.2. The zero-order chi connectivity index (χ0) is 63.5. The van der Waals surface area contributed by atoms with Crippen LogP contribution in [-0.2, 0) is 27.9 Å². The molecule has 3 atom stereocenters. The van der Waals surface area contributed by atoms with E-state index < -0.39 is 20.0 Å². The van der Waals surface area contributed by atoms with Crippen molar-refractivity contribution in [3.8, 4) is 0 Å². The third kappa shape index (κ3) is 67.9. The second-order valence-corrected chi connectivity index (χ2v) is 28.2. The van der Waals surface area contributed by atoms with Crippen LogP contribution in [0.2, 0.25) is 0 Å². The summed E-state index contributed by atoms with van der Waals surface area (Å²) in [7, 11) is 1.20. The molecule has 0 aromatic rings. The van der Waals surface area contributed by atoms with Crippen LogP contribution >= 0.6 is 7.82 Å². The molecular formula is C77H145N2O7P. The highest BCUT2D eigenvalue weighted by molar-refractivity contribution is 7.45. The maximum Gasteiger partial charge on any atom is 0.306 e. The van der Waals surface area contributed by atoms with Gasteiger partial charge in [0.1, 0.15) is 19.3 Å². The Morgan fingerprint density at radius 3 is 1.06 bits per heavy atom. The SMILES string of the molecule is CCCCC/C=C\C/C=C\CCCCCCCCCCCCCCCCCC(=O)NC(COP(=O)([O-])OCC[N+](C)(C)C)C(/C=C/CCCCCCCCCCCCC)OC(=O)CCCCCCCCCCCCCCC/C=C\C/C=C\CCCCC. The van der Waals surface area contributed by atoms with Crippen LogP contribution in [0.5, 0.6) is 0 Å². The monoisotopic (exact) mass is 1240 g/mol. The largest absolute Gasteiger partial charge is 0.756 e. The number of phosphoric ester groups is 1. The van der Waals surface area contributed by atoms with Crippen LogP contribution in [0.1, 0.15) is 367 Å². The first kappa shape index (κ1) is 84.7. The molecule has 0 fully saturated rings. The minimum atomic E-state index is -4.71. The highest BCUT2D eigenvalue weighted by Crippen LogP contribution is 2.38. The summed E-state index contributed by atoms with van der Waals surface area (Å²) >= 11 is 0. The first-order chi connectivity index (χ1) is 42.4. The summed E-state index contributed by atoms with van der Waals surface area (Å²) in [6, 6.07) is -0.890. The summed E-state index contributed by atoms with van der Waals surface area (Å²) in [6.45, 7) is 6.85. The fourth-order valence-electron chi connectivity index (χ4n) is 11.1. The molecule has 0 aliphatic heterocycles. The molecular weight excluding hydrogens is 1100 g/mol. The van der Waals surface area contributed by atoms with Gasteiger partial charge in [0.15, 0.2) is 0 Å². The fraction of sp³-hybridized carbons (Fsp3) is 0.844. The van der Waals surface area contributed by atoms with Gasteiger partial charge in [-0.3, -0.25) is 14.2 Å². The van der Waals surface area contributed by atoms with E-state index >= 15 is 0 Å². The Hall–Kier alpha value is -2.29. The normalized spacial score (nSPS) is 13.8. The van der Waals surface area contributed by atoms with E-state index in [2.05, 4.69) is 74.7 Å². The molecule has 1 N–H and O–H groups in total. The minimum Gasteiger partial charge on any atom is -0.756 e. The molecule has 87 heavy (non-hydrogen) atoms. The van der Waals surface area contributed by atoms with Crippen LogP contribution in [0.4, 0.5) is 0 Å². The number of hydrogen-bond donors (Lipinski definition) is 1. The summed E-state index contributed by atoms with van der Waals surface area (Å²) < 4.78 is 30.5. The fourth-order valence-corrected chi connectivity index (χ4v) is 11.8. The lowest BCUT2D eigenvalue weighted by Crippen LogP contribution is -2.47. The first-order valence-corrected chi connectivity index (χ1v) is 39.1. The molecule has 510 valence electrons. The summed E-state index contributed by atoms with van der Waals surface area (Å²) in [5, 5.41) is 3.05. The molecule has 0 rings (SSSR count). The standard InChI is InChI=1S/C77H145N2O7P/c1-7-10-13-16-19-22-25-28-30-32-34-36-38-39-41-42-44-46-48-51-54-57-60-63-66-69-76(80)78-74(73-85-87(82,83)84-72-71-79(4,5)6)75(68-65-62-59-56-53-50-27-24-21-18-15-12-9-3)86-77(81)70-67-64-61-58-55-52-49-47-45-43-40-37-35-33-31-29-26-23-20-17-14-11-8-2/h19-20,22-23,28-31,65,68,74-75H,7-18,21,24-27,32-64,66-67,69-73H2,1-6H3,(H-,78,80,82,83)/b22-19-,23-20-,30-28-,31-29-,68-65+. The average molecular weight is 1240 g/mol. The van der Waals surface area contributed by atoms with Crippen molar-refractivity contribution in [2.24, 2.45) is 0 Å². The smallest absolute Gasteiger partial charge is 0.306 e. The van der Waals surface area contributed by atoms with Crippen LogP contribution in [0, 0.1) is 0 Å². The van der Waals surface area contributed by atoms with Gasteiger partial charge < -0.3 is 28.5 Å². The molecule has 0 saturated carbocycles. The maximum absolute atomic E-state index is 13.6. The van der Waals surface area contributed by atoms with Crippen molar-refractivity contribution in [1.29, 1.82) is 0 Å². The zero-order valence-corrected chi connectivity index (χ0v) is 59.4. The zero-order valence-electron chi connectivity index (χ0n) is 58.5. The average Bonchev–Trinajstić information content (AvgIpc) is 3.70. The van der Waals surface area contributed by atoms with Crippen molar-refractivity contribution in [1.82, 2.24) is 5.32 Å². The van der Waals surface area contributed by atoms with Crippen molar-refractivity contribution >= 4 is 19.7 Å². The van der Waals surface area contributed by atoms with Crippen LogP contribution in [0.15, 0.2) is 60.8 Å². The number of unbranched alkanes of at least 4 members (excludes halogenated alkanes) is 45. The molecule has 3 unspecified atom stereocenters. The van der Waals surface area contributed by atoms with Crippen molar-refractivity contribution in [3.05, 3.63) is 60.8 Å². The Balaban J connectivity index is 5.02. The Morgan fingerprint density at radius 1 is 0.402 bits per heavy atom. The van der Waals surface area contributed by atoms with E-state index in [4.69, 9.17) is 13.8 Å². The predicted molar refractivity (Wildman–Crippen MR) is 376 cm³/mol. The van der Waals surface area contributed by atoms with Gasteiger partial charge >= 0.3 is 5.97 Å². The molecule has 1 amide bonds. The van der Waals surface area contributed by atoms with Crippen LogP contribution in [0.3, 0.4) is 0 Å². The number of ether oxygens (including phenoxy) is 1. The number of carbonyl (C=O) groups is 2. The molecule has 0 aromatic heterocycles. The van der Waals surface area contributed by atoms with E-state index in [9.17, 15) is 19.0 Å². The van der Waals surface area contributed by atoms with E-state index in [1.54, 1.807) is 0 Å². The molecule has 0 radical (unpaired) electrons. The molecule has 0 aliphatic carbocycles. The third-order valence-electron chi connectivity index (χ3n) is 16.9. The van der Waals surface area contributed by atoms with Crippen LogP contribution in [0.25, 0.3) is 0 Å². The number of esters is 1. The van der Waals surface area contributed by atoms with E-state index in [0.29, 0.717) is 17.4 Å². The number of likely N-dealkylation sites (N-methyl/N-ethyl adjacent to an activating group) is 1. The predicted octanol–water partition coefficient (Wildman–Crippen LogP) is 23.5. The molecule has 0 aromatic carbocycles. The van der Waals surface area contributed by atoms with Gasteiger partial charge in [0.2, 0.25) is 5.91 Å². The lowest BCUT2D eigenvalue weighted by molar-refractivity contribution is -0.870. The molecule has 0 aliphatic rings. The molecule has 0 spiro atoms. The Kier molecular flexibility index (Phi) is 64.9. The summed E-state index contributed by atoms with van der Waals surface area (Å²) in [5.74, 6) is -0.525. The summed E-state index contributed by atoms with van der Waals surface area (Å²) in [6.07, 6.45) is 86.3. The van der Waals surface area contributed by atoms with Crippen LogP contribution in [-0.4, -0.2) is 69.4 Å². The minimum absolute atomic E-state index is 0.0215. The topological polar surface area (TPSA) is 114 Å². The Bertz CT molecular complexity index is 1670. The highest BCUT2D eigenvalue weighted by Gasteiger charge is 2.27. The second-order valence-electron chi connectivity index (χ2n) is 26.8. The van der Waals surface area contributed by atoms with Gasteiger partial charge in [-0.15, -0.1) is 0 Å². The number of amides is 1. The molecule has 10 heteroatoms. The molecule has 0 bridgehead atoms. The third-order valence-corrected chi connectivity index (χ3v) is 17.9. The van der Waals surface area contributed by atoms with E-state index in [0.717, 1.165) is 70.6 Å². The van der Waals surface area contributed by atoms with E-state index in [-0.39, 0.29) is 31.5 Å². The van der Waals surface area contributed by atoms with E-state index in [1.165, 1.54) is 263 Å². The van der Waals surface area contributed by atoms with Gasteiger partial charge in [-0.25, -0.2) is 0 Å². The van der Waals surface area contributed by atoms with Crippen molar-refractivity contribution < 1.29 is 37.3 Å². The summed E-state index contributed by atoms with van der Waals surface area (Å²) in [5.41, 5.74) is 0. The lowest BCUT2D eigenvalue weighted by Gasteiger charge is -2.30. The number of nitrogens with zero attached hydrogens (tertiary/aromatic N) is 1. The van der Waals surface area contributed by atoms with Crippen molar-refractivity contribution in [3.63, 3.8) is 0 Å². The Morgan fingerprint density at radius 2 is 0.701 bits per heavy atom. The van der Waals surface area contributed by atoms with Gasteiger partial charge in [0, 0.05) is 12.8 Å². The van der Waals surface area contributed by atoms with Crippen molar-refractivity contribution in [2.75, 3.05) is 40.9 Å².